The summed E-state index contributed by atoms with van der Waals surface area (Å²) in [6.45, 7) is 2.10. The zero-order valence-electron chi connectivity index (χ0n) is 9.82. The average molecular weight is 236 g/mol. The van der Waals surface area contributed by atoms with Crippen LogP contribution in [-0.2, 0) is 16.0 Å². The number of benzene rings is 1. The molecule has 17 heavy (non-hydrogen) atoms. The van der Waals surface area contributed by atoms with Crippen molar-refractivity contribution in [1.82, 2.24) is 5.32 Å². The Labute approximate surface area is 103 Å². The van der Waals surface area contributed by atoms with E-state index in [0.29, 0.717) is 12.8 Å². The minimum atomic E-state index is -0.305. The number of carbonyl (C=O) groups is 2. The van der Waals surface area contributed by atoms with Gasteiger partial charge in [-0.2, -0.15) is 0 Å². The first-order valence-corrected chi connectivity index (χ1v) is 5.88. The van der Waals surface area contributed by atoms with Crippen molar-refractivity contribution in [2.75, 3.05) is 5.32 Å². The Morgan fingerprint density at radius 2 is 2.06 bits per heavy atom. The van der Waals surface area contributed by atoms with Gasteiger partial charge in [0.2, 0.25) is 11.8 Å². The van der Waals surface area contributed by atoms with Gasteiger partial charge in [0.15, 0.2) is 0 Å². The molecule has 94 valence electrons. The summed E-state index contributed by atoms with van der Waals surface area (Å²) in [6.07, 6.45) is 1.95. The SMILES string of the molecule is CCc1ccc(NC2CCC(=O)NC2=O)cc1.[HH].[HH]. The number of carbonyl (C=O) groups excluding carboxylic acids is 2. The summed E-state index contributed by atoms with van der Waals surface area (Å²) in [6, 6.07) is 7.69. The predicted molar refractivity (Wildman–Crippen MR) is 69.8 cm³/mol. The lowest BCUT2D eigenvalue weighted by molar-refractivity contribution is -0.133. The van der Waals surface area contributed by atoms with Gasteiger partial charge < -0.3 is 5.32 Å². The van der Waals surface area contributed by atoms with Crippen molar-refractivity contribution in [2.24, 2.45) is 0 Å². The van der Waals surface area contributed by atoms with E-state index in [1.165, 1.54) is 5.56 Å². The Hall–Kier alpha value is -1.84. The highest BCUT2D eigenvalue weighted by atomic mass is 16.2. The van der Waals surface area contributed by atoms with Crippen molar-refractivity contribution >= 4 is 17.5 Å². The average Bonchev–Trinajstić information content (AvgIpc) is 2.34. The van der Waals surface area contributed by atoms with Gasteiger partial charge in [0, 0.05) is 15.0 Å². The first-order chi connectivity index (χ1) is 8.19. The number of hydrogen-bond donors (Lipinski definition) is 2. The number of hydrogen-bond acceptors (Lipinski definition) is 3. The topological polar surface area (TPSA) is 58.2 Å². The van der Waals surface area contributed by atoms with Gasteiger partial charge >= 0.3 is 0 Å². The second-order valence-corrected chi connectivity index (χ2v) is 4.20. The van der Waals surface area contributed by atoms with Crippen LogP contribution in [0.2, 0.25) is 0 Å². The standard InChI is InChI=1S/C13H16N2O2.2H2/c1-2-9-3-5-10(6-4-9)14-11-7-8-12(16)15-13(11)17;;/h3-6,11,14H,2,7-8H2,1H3,(H,15,16,17);2*1H. The maximum absolute atomic E-state index is 11.5. The summed E-state index contributed by atoms with van der Waals surface area (Å²) < 4.78 is 0. The fraction of sp³-hybridized carbons (Fsp3) is 0.385. The second kappa shape index (κ2) is 4.99. The van der Waals surface area contributed by atoms with Gasteiger partial charge in [-0.25, -0.2) is 0 Å². The number of piperidine rings is 1. The van der Waals surface area contributed by atoms with Gasteiger partial charge in [0.25, 0.3) is 0 Å². The summed E-state index contributed by atoms with van der Waals surface area (Å²) >= 11 is 0. The summed E-state index contributed by atoms with van der Waals surface area (Å²) in [5.41, 5.74) is 2.18. The fourth-order valence-corrected chi connectivity index (χ4v) is 1.87. The molecule has 0 bridgehead atoms. The molecule has 0 saturated carbocycles. The van der Waals surface area contributed by atoms with Gasteiger partial charge in [-0.3, -0.25) is 14.9 Å². The van der Waals surface area contributed by atoms with Crippen LogP contribution in [0, 0.1) is 0 Å². The highest BCUT2D eigenvalue weighted by Crippen LogP contribution is 2.14. The van der Waals surface area contributed by atoms with Crippen molar-refractivity contribution in [1.29, 1.82) is 0 Å². The third-order valence-electron chi connectivity index (χ3n) is 2.94. The van der Waals surface area contributed by atoms with Crippen molar-refractivity contribution in [2.45, 2.75) is 32.2 Å². The Bertz CT molecular complexity index is 435. The molecule has 2 amide bonds. The van der Waals surface area contributed by atoms with Crippen molar-refractivity contribution in [3.8, 4) is 0 Å². The second-order valence-electron chi connectivity index (χ2n) is 4.20. The summed E-state index contributed by atoms with van der Waals surface area (Å²) in [5.74, 6) is -0.421. The number of rotatable bonds is 3. The minimum Gasteiger partial charge on any atom is -0.374 e. The molecule has 1 aromatic rings. The van der Waals surface area contributed by atoms with Crippen LogP contribution in [0.3, 0.4) is 0 Å². The molecule has 1 aromatic carbocycles. The van der Waals surface area contributed by atoms with Gasteiger partial charge in [-0.05, 0) is 30.5 Å². The molecule has 1 atom stereocenters. The third-order valence-corrected chi connectivity index (χ3v) is 2.94. The van der Waals surface area contributed by atoms with E-state index in [-0.39, 0.29) is 20.7 Å². The quantitative estimate of drug-likeness (QED) is 0.789. The number of amides is 2. The van der Waals surface area contributed by atoms with Crippen molar-refractivity contribution in [3.05, 3.63) is 29.8 Å². The molecule has 1 aliphatic rings. The molecular weight excluding hydrogens is 216 g/mol. The van der Waals surface area contributed by atoms with E-state index in [1.54, 1.807) is 0 Å². The molecule has 1 fully saturated rings. The van der Waals surface area contributed by atoms with E-state index >= 15 is 0 Å². The summed E-state index contributed by atoms with van der Waals surface area (Å²) in [4.78, 5) is 22.5. The smallest absolute Gasteiger partial charge is 0.249 e. The molecule has 4 nitrogen and oxygen atoms in total. The molecule has 0 aromatic heterocycles. The lowest BCUT2D eigenvalue weighted by Gasteiger charge is -2.22. The Balaban J connectivity index is 0.00000162. The highest BCUT2D eigenvalue weighted by Gasteiger charge is 2.26. The van der Waals surface area contributed by atoms with E-state index in [2.05, 4.69) is 17.6 Å². The molecule has 2 N–H and O–H groups in total. The van der Waals surface area contributed by atoms with Crippen LogP contribution in [0.1, 0.15) is 28.2 Å². The van der Waals surface area contributed by atoms with Crippen LogP contribution >= 0.6 is 0 Å². The Kier molecular flexibility index (Phi) is 3.42. The third kappa shape index (κ3) is 2.84. The van der Waals surface area contributed by atoms with Crippen LogP contribution in [0.4, 0.5) is 5.69 Å². The maximum Gasteiger partial charge on any atom is 0.249 e. The van der Waals surface area contributed by atoms with E-state index in [4.69, 9.17) is 0 Å². The number of aryl methyl sites for hydroxylation is 1. The molecule has 2 rings (SSSR count). The first-order valence-electron chi connectivity index (χ1n) is 5.88. The van der Waals surface area contributed by atoms with E-state index in [0.717, 1.165) is 12.1 Å². The normalized spacial score (nSPS) is 19.9. The van der Waals surface area contributed by atoms with E-state index < -0.39 is 0 Å². The van der Waals surface area contributed by atoms with E-state index in [1.807, 2.05) is 24.3 Å². The predicted octanol–water partition coefficient (Wildman–Crippen LogP) is 1.96. The molecule has 4 heteroatoms. The maximum atomic E-state index is 11.5. The van der Waals surface area contributed by atoms with Crippen molar-refractivity contribution in [3.63, 3.8) is 0 Å². The summed E-state index contributed by atoms with van der Waals surface area (Å²) in [5, 5.41) is 5.47. The zero-order chi connectivity index (χ0) is 12.3. The van der Waals surface area contributed by atoms with Crippen LogP contribution < -0.4 is 10.6 Å². The molecular formula is C13H20N2O2. The van der Waals surface area contributed by atoms with Gasteiger partial charge in [0.1, 0.15) is 6.04 Å². The lowest BCUT2D eigenvalue weighted by Crippen LogP contribution is -2.47. The van der Waals surface area contributed by atoms with Gasteiger partial charge in [0.05, 0.1) is 0 Å². The van der Waals surface area contributed by atoms with Crippen LogP contribution in [0.15, 0.2) is 24.3 Å². The number of imide groups is 1. The molecule has 0 aliphatic carbocycles. The van der Waals surface area contributed by atoms with Crippen LogP contribution in [0.5, 0.6) is 0 Å². The van der Waals surface area contributed by atoms with E-state index in [9.17, 15) is 9.59 Å². The summed E-state index contributed by atoms with van der Waals surface area (Å²) in [7, 11) is 0. The van der Waals surface area contributed by atoms with Crippen molar-refractivity contribution < 1.29 is 12.4 Å². The largest absolute Gasteiger partial charge is 0.374 e. The zero-order valence-corrected chi connectivity index (χ0v) is 9.82. The molecule has 0 radical (unpaired) electrons. The monoisotopic (exact) mass is 236 g/mol. The fourth-order valence-electron chi connectivity index (χ4n) is 1.87. The Morgan fingerprint density at radius 3 is 2.65 bits per heavy atom. The number of nitrogens with one attached hydrogen (secondary N) is 2. The van der Waals surface area contributed by atoms with Gasteiger partial charge in [-0.15, -0.1) is 0 Å². The molecule has 1 aliphatic heterocycles. The molecule has 0 spiro atoms. The Morgan fingerprint density at radius 1 is 1.35 bits per heavy atom. The first kappa shape index (κ1) is 11.6. The highest BCUT2D eigenvalue weighted by molar-refractivity contribution is 6.01. The molecule has 1 saturated heterocycles. The minimum absolute atomic E-state index is 0. The van der Waals surface area contributed by atoms with Crippen LogP contribution in [0.25, 0.3) is 0 Å². The lowest BCUT2D eigenvalue weighted by atomic mass is 10.1. The molecule has 1 heterocycles. The van der Waals surface area contributed by atoms with Crippen LogP contribution in [-0.4, -0.2) is 17.9 Å². The van der Waals surface area contributed by atoms with Gasteiger partial charge in [-0.1, -0.05) is 19.1 Å². The molecule has 1 unspecified atom stereocenters. The number of anilines is 1.